The van der Waals surface area contributed by atoms with Crippen molar-refractivity contribution in [3.63, 3.8) is 0 Å². The zero-order valence-corrected chi connectivity index (χ0v) is 16.7. The van der Waals surface area contributed by atoms with E-state index in [1.807, 2.05) is 67.6 Å². The maximum atomic E-state index is 12.7. The molecule has 0 saturated carbocycles. The summed E-state index contributed by atoms with van der Waals surface area (Å²) in [6.07, 6.45) is 1.79. The van der Waals surface area contributed by atoms with Crippen LogP contribution in [0.4, 0.5) is 0 Å². The molecule has 0 fully saturated rings. The van der Waals surface area contributed by atoms with Gasteiger partial charge in [0.2, 0.25) is 0 Å². The Balaban J connectivity index is 1.92. The van der Waals surface area contributed by atoms with Crippen LogP contribution in [0.2, 0.25) is 0 Å². The molecule has 0 unspecified atom stereocenters. The Bertz CT molecular complexity index is 980. The molecule has 0 heterocycles. The molecule has 0 radical (unpaired) electrons. The van der Waals surface area contributed by atoms with E-state index in [0.717, 1.165) is 15.6 Å². The Morgan fingerprint density at radius 2 is 1.42 bits per heavy atom. The third-order valence-electron chi connectivity index (χ3n) is 3.55. The van der Waals surface area contributed by atoms with Crippen molar-refractivity contribution < 1.29 is 12.6 Å². The van der Waals surface area contributed by atoms with Crippen LogP contribution in [-0.2, 0) is 14.3 Å². The Hall–Kier alpha value is -2.33. The first-order valence-corrected chi connectivity index (χ1v) is 11.2. The molecule has 0 spiro atoms. The van der Waals surface area contributed by atoms with Crippen LogP contribution in [0.5, 0.6) is 0 Å². The number of benzene rings is 3. The molecule has 0 aromatic heterocycles. The first-order chi connectivity index (χ1) is 12.5. The van der Waals surface area contributed by atoms with Gasteiger partial charge in [-0.1, -0.05) is 0 Å². The normalized spacial score (nSPS) is 12.0. The Morgan fingerprint density at radius 3 is 2.04 bits per heavy atom. The van der Waals surface area contributed by atoms with Crippen molar-refractivity contribution in [2.75, 3.05) is 0 Å². The van der Waals surface area contributed by atoms with Crippen molar-refractivity contribution >= 4 is 35.6 Å². The second-order valence-electron chi connectivity index (χ2n) is 5.64. The van der Waals surface area contributed by atoms with E-state index in [9.17, 15) is 8.42 Å². The van der Waals surface area contributed by atoms with E-state index in [1.165, 1.54) is 0 Å². The fourth-order valence-corrected chi connectivity index (χ4v) is 5.38. The SMILES string of the molecule is Cc1ccc(S(=O)(=O)O/C(=C/c2ccccc2)[Se]c2ccccc2)cc1. The molecule has 0 atom stereocenters. The second kappa shape index (κ2) is 8.37. The average molecular weight is 429 g/mol. The van der Waals surface area contributed by atoms with Crippen LogP contribution in [0.25, 0.3) is 6.08 Å². The topological polar surface area (TPSA) is 43.4 Å². The monoisotopic (exact) mass is 430 g/mol. The van der Waals surface area contributed by atoms with Gasteiger partial charge in [-0.25, -0.2) is 0 Å². The molecule has 0 aliphatic heterocycles. The van der Waals surface area contributed by atoms with Crippen LogP contribution in [0.1, 0.15) is 11.1 Å². The Kier molecular flexibility index (Phi) is 5.94. The fourth-order valence-electron chi connectivity index (χ4n) is 2.22. The predicted octanol–water partition coefficient (Wildman–Crippen LogP) is 3.73. The molecular weight excluding hydrogens is 411 g/mol. The first kappa shape index (κ1) is 18.5. The van der Waals surface area contributed by atoms with Crippen molar-refractivity contribution in [3.8, 4) is 0 Å². The van der Waals surface area contributed by atoms with Gasteiger partial charge in [-0.2, -0.15) is 0 Å². The molecule has 3 rings (SSSR count). The summed E-state index contributed by atoms with van der Waals surface area (Å²) in [7, 11) is -3.87. The van der Waals surface area contributed by atoms with Gasteiger partial charge in [-0.05, 0) is 0 Å². The zero-order chi connectivity index (χ0) is 18.4. The van der Waals surface area contributed by atoms with Crippen LogP contribution in [-0.4, -0.2) is 23.4 Å². The van der Waals surface area contributed by atoms with E-state index in [0.29, 0.717) is 4.66 Å². The molecule has 0 saturated heterocycles. The third-order valence-corrected chi connectivity index (χ3v) is 6.94. The van der Waals surface area contributed by atoms with Crippen LogP contribution >= 0.6 is 0 Å². The van der Waals surface area contributed by atoms with Crippen LogP contribution in [0.3, 0.4) is 0 Å². The van der Waals surface area contributed by atoms with Crippen molar-refractivity contribution in [1.29, 1.82) is 0 Å². The average Bonchev–Trinajstić information content (AvgIpc) is 2.63. The van der Waals surface area contributed by atoms with E-state index in [1.54, 1.807) is 30.3 Å². The minimum absolute atomic E-state index is 0.158. The molecule has 132 valence electrons. The minimum atomic E-state index is -3.87. The third kappa shape index (κ3) is 5.08. The molecule has 0 N–H and O–H groups in total. The summed E-state index contributed by atoms with van der Waals surface area (Å²) in [5.41, 5.74) is 1.90. The van der Waals surface area contributed by atoms with Gasteiger partial charge in [-0.15, -0.1) is 0 Å². The van der Waals surface area contributed by atoms with Crippen molar-refractivity contribution in [2.24, 2.45) is 0 Å². The summed E-state index contributed by atoms with van der Waals surface area (Å²) in [5, 5.41) is 0. The second-order valence-corrected chi connectivity index (χ2v) is 9.45. The first-order valence-electron chi connectivity index (χ1n) is 8.04. The molecule has 5 heteroatoms. The van der Waals surface area contributed by atoms with Gasteiger partial charge in [0.25, 0.3) is 0 Å². The number of aryl methyl sites for hydroxylation is 1. The standard InChI is InChI=1S/C21H18O3SSe/c1-17-12-14-19(15-13-17)25(22,23)24-21(16-18-8-4-2-5-9-18)26-20-10-6-3-7-11-20/h2-16H,1H3/b21-16-. The number of rotatable bonds is 6. The van der Waals surface area contributed by atoms with Crippen molar-refractivity contribution in [3.05, 3.63) is 101 Å². The predicted molar refractivity (Wildman–Crippen MR) is 106 cm³/mol. The summed E-state index contributed by atoms with van der Waals surface area (Å²) < 4.78 is 32.4. The summed E-state index contributed by atoms with van der Waals surface area (Å²) in [6.45, 7) is 1.91. The molecular formula is C21H18O3SSe. The maximum absolute atomic E-state index is 12.7. The van der Waals surface area contributed by atoms with E-state index < -0.39 is 10.1 Å². The molecule has 3 aromatic carbocycles. The van der Waals surface area contributed by atoms with Crippen LogP contribution < -0.4 is 4.46 Å². The number of hydrogen-bond acceptors (Lipinski definition) is 3. The summed E-state index contributed by atoms with van der Waals surface area (Å²) >= 11 is -0.269. The summed E-state index contributed by atoms with van der Waals surface area (Å²) in [4.78, 5) is 0.158. The molecule has 0 bridgehead atoms. The van der Waals surface area contributed by atoms with Gasteiger partial charge >= 0.3 is 161 Å². The van der Waals surface area contributed by atoms with E-state index in [-0.39, 0.29) is 19.9 Å². The van der Waals surface area contributed by atoms with Gasteiger partial charge in [0.15, 0.2) is 0 Å². The van der Waals surface area contributed by atoms with E-state index in [2.05, 4.69) is 0 Å². The van der Waals surface area contributed by atoms with Gasteiger partial charge in [0, 0.05) is 0 Å². The Labute approximate surface area is 160 Å². The molecule has 0 amide bonds. The number of hydrogen-bond donors (Lipinski definition) is 0. The van der Waals surface area contributed by atoms with E-state index in [4.69, 9.17) is 4.18 Å². The quantitative estimate of drug-likeness (QED) is 0.341. The zero-order valence-electron chi connectivity index (χ0n) is 14.2. The van der Waals surface area contributed by atoms with Gasteiger partial charge < -0.3 is 0 Å². The van der Waals surface area contributed by atoms with Gasteiger partial charge in [0.1, 0.15) is 0 Å². The van der Waals surface area contributed by atoms with E-state index >= 15 is 0 Å². The molecule has 0 aliphatic carbocycles. The fraction of sp³-hybridized carbons (Fsp3) is 0.0476. The van der Waals surface area contributed by atoms with Crippen molar-refractivity contribution in [1.82, 2.24) is 0 Å². The van der Waals surface area contributed by atoms with Gasteiger partial charge in [-0.3, -0.25) is 0 Å². The molecule has 26 heavy (non-hydrogen) atoms. The molecule has 3 nitrogen and oxygen atoms in total. The molecule has 0 aliphatic rings. The Morgan fingerprint density at radius 1 is 0.846 bits per heavy atom. The molecule has 3 aromatic rings. The van der Waals surface area contributed by atoms with Crippen molar-refractivity contribution in [2.45, 2.75) is 11.8 Å². The summed E-state index contributed by atoms with van der Waals surface area (Å²) in [5.74, 6) is 0. The summed E-state index contributed by atoms with van der Waals surface area (Å²) in [6, 6.07) is 26.0. The van der Waals surface area contributed by atoms with Gasteiger partial charge in [0.05, 0.1) is 0 Å². The van der Waals surface area contributed by atoms with Crippen LogP contribution in [0.15, 0.2) is 94.5 Å². The van der Waals surface area contributed by atoms with Crippen LogP contribution in [0, 0.1) is 6.92 Å².